The van der Waals surface area contributed by atoms with Gasteiger partial charge in [-0.3, -0.25) is 4.98 Å². The van der Waals surface area contributed by atoms with Gasteiger partial charge in [0.15, 0.2) is 0 Å². The van der Waals surface area contributed by atoms with E-state index in [1.165, 1.54) is 12.1 Å². The average molecular weight is 274 g/mol. The van der Waals surface area contributed by atoms with Crippen LogP contribution in [0.4, 0.5) is 4.39 Å². The molecular formula is C16H19FN2O. The summed E-state index contributed by atoms with van der Waals surface area (Å²) < 4.78 is 19.1. The summed E-state index contributed by atoms with van der Waals surface area (Å²) in [7, 11) is 0. The Balaban J connectivity index is 2.15. The molecule has 0 aliphatic carbocycles. The third-order valence-corrected chi connectivity index (χ3v) is 3.05. The Morgan fingerprint density at radius 3 is 2.85 bits per heavy atom. The van der Waals surface area contributed by atoms with E-state index in [4.69, 9.17) is 4.74 Å². The molecule has 0 bridgehead atoms. The third-order valence-electron chi connectivity index (χ3n) is 3.05. The molecule has 1 atom stereocenters. The maximum atomic E-state index is 13.4. The molecule has 0 spiro atoms. The summed E-state index contributed by atoms with van der Waals surface area (Å²) in [5.74, 6) is 0.262. The summed E-state index contributed by atoms with van der Waals surface area (Å²) in [4.78, 5) is 4.19. The molecular weight excluding hydrogens is 255 g/mol. The molecule has 0 amide bonds. The SMILES string of the molecule is CCNC(C)c1ccc(F)cc1OCc1ccccn1. The van der Waals surface area contributed by atoms with Crippen LogP contribution in [0.25, 0.3) is 0 Å². The molecule has 1 unspecified atom stereocenters. The van der Waals surface area contributed by atoms with Gasteiger partial charge >= 0.3 is 0 Å². The topological polar surface area (TPSA) is 34.1 Å². The number of benzene rings is 1. The second kappa shape index (κ2) is 7.01. The van der Waals surface area contributed by atoms with Crippen molar-refractivity contribution in [2.24, 2.45) is 0 Å². The van der Waals surface area contributed by atoms with Gasteiger partial charge in [0.2, 0.25) is 0 Å². The monoisotopic (exact) mass is 274 g/mol. The van der Waals surface area contributed by atoms with Gasteiger partial charge in [0.25, 0.3) is 0 Å². The third kappa shape index (κ3) is 3.78. The summed E-state index contributed by atoms with van der Waals surface area (Å²) in [6, 6.07) is 10.4. The quantitative estimate of drug-likeness (QED) is 0.875. The van der Waals surface area contributed by atoms with Crippen molar-refractivity contribution in [1.29, 1.82) is 0 Å². The zero-order valence-corrected chi connectivity index (χ0v) is 11.8. The van der Waals surface area contributed by atoms with Crippen LogP contribution in [0.5, 0.6) is 5.75 Å². The molecule has 0 fully saturated rings. The Morgan fingerprint density at radius 1 is 1.30 bits per heavy atom. The van der Waals surface area contributed by atoms with E-state index in [-0.39, 0.29) is 11.9 Å². The van der Waals surface area contributed by atoms with E-state index in [0.29, 0.717) is 12.4 Å². The van der Waals surface area contributed by atoms with Gasteiger partial charge in [-0.1, -0.05) is 19.1 Å². The van der Waals surface area contributed by atoms with Crippen molar-refractivity contribution >= 4 is 0 Å². The molecule has 1 aromatic carbocycles. The predicted molar refractivity (Wildman–Crippen MR) is 77.1 cm³/mol. The highest BCUT2D eigenvalue weighted by atomic mass is 19.1. The highest BCUT2D eigenvalue weighted by Gasteiger charge is 2.12. The Bertz CT molecular complexity index is 545. The first-order valence-electron chi connectivity index (χ1n) is 6.76. The van der Waals surface area contributed by atoms with Gasteiger partial charge in [-0.15, -0.1) is 0 Å². The number of nitrogens with one attached hydrogen (secondary N) is 1. The Hall–Kier alpha value is -1.94. The van der Waals surface area contributed by atoms with Gasteiger partial charge in [0.05, 0.1) is 5.69 Å². The van der Waals surface area contributed by atoms with Crippen LogP contribution in [0.15, 0.2) is 42.6 Å². The molecule has 106 valence electrons. The molecule has 0 saturated heterocycles. The van der Waals surface area contributed by atoms with Gasteiger partial charge in [0, 0.05) is 23.9 Å². The largest absolute Gasteiger partial charge is 0.487 e. The van der Waals surface area contributed by atoms with Crippen LogP contribution >= 0.6 is 0 Å². The number of halogens is 1. The summed E-state index contributed by atoms with van der Waals surface area (Å²) in [6.07, 6.45) is 1.71. The van der Waals surface area contributed by atoms with Crippen LogP contribution in [0.3, 0.4) is 0 Å². The molecule has 4 heteroatoms. The summed E-state index contributed by atoms with van der Waals surface area (Å²) in [5.41, 5.74) is 1.77. The zero-order chi connectivity index (χ0) is 14.4. The molecule has 2 aromatic rings. The normalized spacial score (nSPS) is 12.2. The van der Waals surface area contributed by atoms with Crippen molar-refractivity contribution in [1.82, 2.24) is 10.3 Å². The van der Waals surface area contributed by atoms with E-state index in [2.05, 4.69) is 10.3 Å². The number of ether oxygens (including phenoxy) is 1. The lowest BCUT2D eigenvalue weighted by atomic mass is 10.1. The van der Waals surface area contributed by atoms with Gasteiger partial charge in [0.1, 0.15) is 18.2 Å². The minimum atomic E-state index is -0.298. The fourth-order valence-electron chi connectivity index (χ4n) is 2.04. The summed E-state index contributed by atoms with van der Waals surface area (Å²) >= 11 is 0. The number of hydrogen-bond donors (Lipinski definition) is 1. The number of rotatable bonds is 6. The van der Waals surface area contributed by atoms with Crippen LogP contribution < -0.4 is 10.1 Å². The lowest BCUT2D eigenvalue weighted by Gasteiger charge is -2.17. The van der Waals surface area contributed by atoms with Gasteiger partial charge in [-0.25, -0.2) is 4.39 Å². The fraction of sp³-hybridized carbons (Fsp3) is 0.312. The van der Waals surface area contributed by atoms with Gasteiger partial charge < -0.3 is 10.1 Å². The van der Waals surface area contributed by atoms with Crippen LogP contribution in [0.2, 0.25) is 0 Å². The average Bonchev–Trinajstić information content (AvgIpc) is 2.46. The lowest BCUT2D eigenvalue weighted by molar-refractivity contribution is 0.293. The number of pyridine rings is 1. The molecule has 2 rings (SSSR count). The Kier molecular flexibility index (Phi) is 5.07. The first kappa shape index (κ1) is 14.5. The number of nitrogens with zero attached hydrogens (tertiary/aromatic N) is 1. The van der Waals surface area contributed by atoms with E-state index in [1.807, 2.05) is 32.0 Å². The van der Waals surface area contributed by atoms with Crippen molar-refractivity contribution in [3.8, 4) is 5.75 Å². The highest BCUT2D eigenvalue weighted by Crippen LogP contribution is 2.26. The molecule has 20 heavy (non-hydrogen) atoms. The molecule has 3 nitrogen and oxygen atoms in total. The molecule has 0 radical (unpaired) electrons. The maximum Gasteiger partial charge on any atom is 0.130 e. The Labute approximate surface area is 118 Å². The maximum absolute atomic E-state index is 13.4. The van der Waals surface area contributed by atoms with Crippen LogP contribution in [-0.4, -0.2) is 11.5 Å². The first-order chi connectivity index (χ1) is 9.70. The van der Waals surface area contributed by atoms with E-state index >= 15 is 0 Å². The van der Waals surface area contributed by atoms with Gasteiger partial charge in [-0.05, 0) is 31.7 Å². The number of aromatic nitrogens is 1. The van der Waals surface area contributed by atoms with E-state index < -0.39 is 0 Å². The zero-order valence-electron chi connectivity index (χ0n) is 11.8. The van der Waals surface area contributed by atoms with Crippen molar-refractivity contribution in [3.63, 3.8) is 0 Å². The number of hydrogen-bond acceptors (Lipinski definition) is 3. The molecule has 1 N–H and O–H groups in total. The van der Waals surface area contributed by atoms with Crippen molar-refractivity contribution in [3.05, 3.63) is 59.7 Å². The minimum absolute atomic E-state index is 0.110. The molecule has 1 aromatic heterocycles. The highest BCUT2D eigenvalue weighted by molar-refractivity contribution is 5.36. The summed E-state index contributed by atoms with van der Waals surface area (Å²) in [6.45, 7) is 5.24. The molecule has 0 aliphatic rings. The standard InChI is InChI=1S/C16H19FN2O/c1-3-18-12(2)15-8-7-13(17)10-16(15)20-11-14-6-4-5-9-19-14/h4-10,12,18H,3,11H2,1-2H3. The van der Waals surface area contributed by atoms with Crippen LogP contribution in [-0.2, 0) is 6.61 Å². The van der Waals surface area contributed by atoms with Crippen molar-refractivity contribution in [2.75, 3.05) is 6.54 Å². The van der Waals surface area contributed by atoms with E-state index in [1.54, 1.807) is 12.3 Å². The van der Waals surface area contributed by atoms with E-state index in [0.717, 1.165) is 17.8 Å². The fourth-order valence-corrected chi connectivity index (χ4v) is 2.04. The van der Waals surface area contributed by atoms with Crippen molar-refractivity contribution < 1.29 is 9.13 Å². The first-order valence-corrected chi connectivity index (χ1v) is 6.76. The lowest BCUT2D eigenvalue weighted by Crippen LogP contribution is -2.18. The smallest absolute Gasteiger partial charge is 0.130 e. The molecule has 1 heterocycles. The second-order valence-electron chi connectivity index (χ2n) is 4.57. The minimum Gasteiger partial charge on any atom is -0.487 e. The molecule has 0 saturated carbocycles. The van der Waals surface area contributed by atoms with E-state index in [9.17, 15) is 4.39 Å². The second-order valence-corrected chi connectivity index (χ2v) is 4.57. The van der Waals surface area contributed by atoms with Crippen molar-refractivity contribution in [2.45, 2.75) is 26.5 Å². The molecule has 0 aliphatic heterocycles. The van der Waals surface area contributed by atoms with Crippen LogP contribution in [0, 0.1) is 5.82 Å². The Morgan fingerprint density at radius 2 is 2.15 bits per heavy atom. The summed E-state index contributed by atoms with van der Waals surface area (Å²) in [5, 5.41) is 3.30. The predicted octanol–water partition coefficient (Wildman–Crippen LogP) is 3.47. The van der Waals surface area contributed by atoms with Crippen LogP contribution in [0.1, 0.15) is 31.1 Å². The van der Waals surface area contributed by atoms with Gasteiger partial charge in [-0.2, -0.15) is 0 Å².